The minimum absolute atomic E-state index is 0.00674. The molecule has 1 aliphatic carbocycles. The van der Waals surface area contributed by atoms with E-state index in [4.69, 9.17) is 21.0 Å². The molecule has 15 heteroatoms. The van der Waals surface area contributed by atoms with Crippen LogP contribution in [0.2, 0.25) is 0 Å². The number of carboxylic acid groups (broad SMARTS) is 1. The summed E-state index contributed by atoms with van der Waals surface area (Å²) in [5, 5.41) is 18.1. The lowest BCUT2D eigenvalue weighted by atomic mass is 9.97. The lowest BCUT2D eigenvalue weighted by Gasteiger charge is -2.29. The minimum atomic E-state index is -1.35. The molecule has 1 aliphatic rings. The second-order valence-electron chi connectivity index (χ2n) is 11.9. The highest BCUT2D eigenvalue weighted by atomic mass is 16.7. The number of nitrogens with two attached hydrogens (primary N) is 2. The molecule has 49 heavy (non-hydrogen) atoms. The molecular formula is C34H47N7O8. The zero-order chi connectivity index (χ0) is 36.1. The summed E-state index contributed by atoms with van der Waals surface area (Å²) in [5.74, 6) is -3.91. The van der Waals surface area contributed by atoms with Crippen LogP contribution in [0.3, 0.4) is 0 Å². The molecule has 266 valence electrons. The first-order valence-corrected chi connectivity index (χ1v) is 16.2. The average molecular weight is 682 g/mol. The molecule has 0 radical (unpaired) electrons. The lowest BCUT2D eigenvalue weighted by Crippen LogP contribution is -2.58. The maximum Gasteiger partial charge on any atom is 0.407 e. The third-order valence-corrected chi connectivity index (χ3v) is 8.54. The van der Waals surface area contributed by atoms with Crippen molar-refractivity contribution in [3.63, 3.8) is 0 Å². The molecule has 3 rings (SSSR count). The maximum atomic E-state index is 13.6. The number of hydrogen-bond donors (Lipinski definition) is 6. The number of aliphatic imine (C=N–C) groups is 1. The number of alkyl carbamates (subject to hydrolysis) is 1. The number of hydrogen-bond acceptors (Lipinski definition) is 8. The molecule has 0 spiro atoms. The Balaban J connectivity index is 1.77. The maximum absolute atomic E-state index is 13.6. The predicted molar refractivity (Wildman–Crippen MR) is 182 cm³/mol. The molecule has 0 saturated carbocycles. The van der Waals surface area contributed by atoms with Crippen molar-refractivity contribution in [3.8, 4) is 11.1 Å². The van der Waals surface area contributed by atoms with Gasteiger partial charge in [-0.05, 0) is 47.4 Å². The Morgan fingerprint density at radius 3 is 2.04 bits per heavy atom. The van der Waals surface area contributed by atoms with Crippen LogP contribution in [-0.4, -0.2) is 91.3 Å². The van der Waals surface area contributed by atoms with Crippen LogP contribution >= 0.6 is 0 Å². The Kier molecular flexibility index (Phi) is 14.4. The van der Waals surface area contributed by atoms with Gasteiger partial charge in [-0.3, -0.25) is 29.0 Å². The van der Waals surface area contributed by atoms with Gasteiger partial charge < -0.3 is 37.3 Å². The second kappa shape index (κ2) is 18.4. The van der Waals surface area contributed by atoms with E-state index in [2.05, 4.69) is 20.9 Å². The number of aliphatic carboxylic acids is 1. The van der Waals surface area contributed by atoms with Crippen LogP contribution in [0, 0.1) is 5.92 Å². The number of fused-ring (bicyclic) bond motifs is 3. The zero-order valence-corrected chi connectivity index (χ0v) is 28.3. The van der Waals surface area contributed by atoms with Crippen molar-refractivity contribution < 1.29 is 38.7 Å². The van der Waals surface area contributed by atoms with E-state index in [1.807, 2.05) is 55.5 Å². The van der Waals surface area contributed by atoms with E-state index >= 15 is 0 Å². The Morgan fingerprint density at radius 2 is 1.49 bits per heavy atom. The van der Waals surface area contributed by atoms with Gasteiger partial charge in [-0.25, -0.2) is 9.86 Å². The highest BCUT2D eigenvalue weighted by Gasteiger charge is 2.34. The summed E-state index contributed by atoms with van der Waals surface area (Å²) < 4.78 is 5.64. The largest absolute Gasteiger partial charge is 0.481 e. The van der Waals surface area contributed by atoms with E-state index in [0.29, 0.717) is 6.42 Å². The fraction of sp³-hybridized carbons (Fsp3) is 0.471. The highest BCUT2D eigenvalue weighted by molar-refractivity contribution is 5.94. The van der Waals surface area contributed by atoms with Gasteiger partial charge in [0.25, 0.3) is 5.91 Å². The molecule has 15 nitrogen and oxygen atoms in total. The quantitative estimate of drug-likeness (QED) is 0.0579. The fourth-order valence-corrected chi connectivity index (χ4v) is 5.59. The Labute approximate surface area is 285 Å². The van der Waals surface area contributed by atoms with Crippen LogP contribution in [0.25, 0.3) is 11.1 Å². The monoisotopic (exact) mass is 681 g/mol. The molecule has 4 atom stereocenters. The molecule has 2 aromatic carbocycles. The van der Waals surface area contributed by atoms with Crippen molar-refractivity contribution in [3.05, 3.63) is 59.7 Å². The van der Waals surface area contributed by atoms with Gasteiger partial charge in [-0.15, -0.1) is 0 Å². The van der Waals surface area contributed by atoms with E-state index in [-0.39, 0.29) is 50.2 Å². The molecule has 8 N–H and O–H groups in total. The number of guanidine groups is 1. The summed E-state index contributed by atoms with van der Waals surface area (Å²) in [6, 6.07) is 12.2. The fourth-order valence-electron chi connectivity index (χ4n) is 5.59. The van der Waals surface area contributed by atoms with Gasteiger partial charge in [0.05, 0.1) is 7.11 Å². The SMILES string of the molecule is CC[C@H](C)[C@H](NC(=O)[C@H](CCC(=O)O)NC(=O)[C@H](CCCN=C(N)N)NC(=O)OCC1c2ccccc2-c2ccccc21)C(=O)N(C)OC. The molecule has 4 amide bonds. The molecule has 0 aromatic heterocycles. The van der Waals surface area contributed by atoms with Gasteiger partial charge in [-0.2, -0.15) is 0 Å². The summed E-state index contributed by atoms with van der Waals surface area (Å²) in [7, 11) is 2.70. The Bertz CT molecular complexity index is 1470. The number of nitrogens with zero attached hydrogens (tertiary/aromatic N) is 2. The van der Waals surface area contributed by atoms with Crippen molar-refractivity contribution in [1.29, 1.82) is 0 Å². The second-order valence-corrected chi connectivity index (χ2v) is 11.9. The third kappa shape index (κ3) is 10.7. The number of hydroxylamine groups is 2. The topological polar surface area (TPSA) is 228 Å². The van der Waals surface area contributed by atoms with Gasteiger partial charge in [-0.1, -0.05) is 68.8 Å². The van der Waals surface area contributed by atoms with Crippen LogP contribution in [0.1, 0.15) is 63.0 Å². The van der Waals surface area contributed by atoms with E-state index in [1.165, 1.54) is 14.2 Å². The van der Waals surface area contributed by atoms with Gasteiger partial charge in [0.15, 0.2) is 5.96 Å². The number of carbonyl (C=O) groups is 5. The number of ether oxygens (including phenoxy) is 1. The lowest BCUT2D eigenvalue weighted by molar-refractivity contribution is -0.173. The van der Waals surface area contributed by atoms with Crippen molar-refractivity contribution in [2.45, 2.75) is 70.0 Å². The first-order valence-electron chi connectivity index (χ1n) is 16.2. The van der Waals surface area contributed by atoms with E-state index < -0.39 is 54.3 Å². The van der Waals surface area contributed by atoms with Crippen LogP contribution in [-0.2, 0) is 28.8 Å². The Hall–Kier alpha value is -5.18. The average Bonchev–Trinajstić information content (AvgIpc) is 3.41. The molecule has 0 aliphatic heterocycles. The van der Waals surface area contributed by atoms with Gasteiger partial charge in [0.1, 0.15) is 24.7 Å². The van der Waals surface area contributed by atoms with E-state index in [1.54, 1.807) is 6.92 Å². The summed E-state index contributed by atoms with van der Waals surface area (Å²) in [6.07, 6.45) is -0.720. The summed E-state index contributed by atoms with van der Waals surface area (Å²) in [6.45, 7) is 3.78. The van der Waals surface area contributed by atoms with Gasteiger partial charge >= 0.3 is 12.1 Å². The molecular weight excluding hydrogens is 634 g/mol. The summed E-state index contributed by atoms with van der Waals surface area (Å²) >= 11 is 0. The first kappa shape index (κ1) is 38.3. The molecule has 0 bridgehead atoms. The number of benzene rings is 2. The van der Waals surface area contributed by atoms with Crippen LogP contribution in [0.4, 0.5) is 4.79 Å². The molecule has 2 aromatic rings. The van der Waals surface area contributed by atoms with Crippen molar-refractivity contribution in [2.75, 3.05) is 27.3 Å². The van der Waals surface area contributed by atoms with Crippen LogP contribution in [0.15, 0.2) is 53.5 Å². The number of nitrogens with one attached hydrogen (secondary N) is 3. The van der Waals surface area contributed by atoms with Crippen LogP contribution < -0.4 is 27.4 Å². The summed E-state index contributed by atoms with van der Waals surface area (Å²) in [5.41, 5.74) is 15.0. The first-order chi connectivity index (χ1) is 23.4. The number of carboxylic acids is 1. The molecule has 0 saturated heterocycles. The number of rotatable bonds is 18. The third-order valence-electron chi connectivity index (χ3n) is 8.54. The molecule has 0 heterocycles. The Morgan fingerprint density at radius 1 is 0.918 bits per heavy atom. The highest BCUT2D eigenvalue weighted by Crippen LogP contribution is 2.44. The minimum Gasteiger partial charge on any atom is -0.481 e. The molecule has 0 unspecified atom stereocenters. The van der Waals surface area contributed by atoms with Crippen LogP contribution in [0.5, 0.6) is 0 Å². The number of carbonyl (C=O) groups excluding carboxylic acids is 4. The molecule has 0 fully saturated rings. The standard InChI is InChI=1S/C34H47N7O8/c1-5-20(2)29(32(46)41(3)48-4)40-31(45)27(16-17-28(42)43)38-30(44)26(15-10-18-37-33(35)36)39-34(47)49-19-25-23-13-8-6-11-21(23)22-12-7-9-14-24(22)25/h6-9,11-14,20,25-27,29H,5,10,15-19H2,1-4H3,(H,38,44)(H,39,47)(H,40,45)(H,42,43)(H4,35,36,37)/t20-,26-,27-,29-/m0/s1. The van der Waals surface area contributed by atoms with E-state index in [9.17, 15) is 29.1 Å². The van der Waals surface area contributed by atoms with E-state index in [0.717, 1.165) is 27.3 Å². The number of likely N-dealkylation sites (N-methyl/N-ethyl adjacent to an activating group) is 1. The van der Waals surface area contributed by atoms with Crippen molar-refractivity contribution in [1.82, 2.24) is 21.0 Å². The van der Waals surface area contributed by atoms with Gasteiger partial charge in [0.2, 0.25) is 11.8 Å². The normalized spacial score (nSPS) is 14.2. The predicted octanol–water partition coefficient (Wildman–Crippen LogP) is 1.85. The van der Waals surface area contributed by atoms with Crippen molar-refractivity contribution in [2.24, 2.45) is 22.4 Å². The smallest absolute Gasteiger partial charge is 0.407 e. The number of amides is 4. The summed E-state index contributed by atoms with van der Waals surface area (Å²) in [4.78, 5) is 73.6. The van der Waals surface area contributed by atoms with Gasteiger partial charge in [0, 0.05) is 25.9 Å². The zero-order valence-electron chi connectivity index (χ0n) is 28.3. The van der Waals surface area contributed by atoms with Crippen molar-refractivity contribution >= 4 is 35.7 Å².